The number of phenols is 1. The molecule has 11 nitrogen and oxygen atoms in total. The van der Waals surface area contributed by atoms with E-state index in [-0.39, 0.29) is 48.4 Å². The number of aliphatic hydroxyl groups is 3. The van der Waals surface area contributed by atoms with Gasteiger partial charge in [-0.1, -0.05) is 18.2 Å². The smallest absolute Gasteiger partial charge is 0.253 e. The third kappa shape index (κ3) is 4.30. The van der Waals surface area contributed by atoms with Crippen molar-refractivity contribution in [3.8, 4) is 5.75 Å². The SMILES string of the molecule is CN(C)c1cc(CC(C)(N)Cc2ccccc2F)c(O)c2c1C[C@H]1C[C@H]3[C@H](N(C)C)C(O)=C(C(N)=O)C4(O)O[C@]34C(=O)C1=C2O. The van der Waals surface area contributed by atoms with Crippen molar-refractivity contribution in [2.24, 2.45) is 23.3 Å². The summed E-state index contributed by atoms with van der Waals surface area (Å²) >= 11 is 0. The zero-order valence-electron chi connectivity index (χ0n) is 25.9. The third-order valence-electron chi connectivity index (χ3n) is 9.91. The summed E-state index contributed by atoms with van der Waals surface area (Å²) in [5.41, 5.74) is 10.8. The second-order valence-electron chi connectivity index (χ2n) is 13.6. The molecule has 3 aliphatic carbocycles. The Balaban J connectivity index is 1.47. The highest BCUT2D eigenvalue weighted by Gasteiger charge is 2.86. The molecular weight excluding hydrogens is 583 g/mol. The van der Waals surface area contributed by atoms with E-state index in [1.165, 1.54) is 6.07 Å². The van der Waals surface area contributed by atoms with Crippen LogP contribution in [0.1, 0.15) is 35.6 Å². The molecule has 1 amide bonds. The first kappa shape index (κ1) is 31.0. The normalized spacial score (nSPS) is 29.9. The molecule has 1 saturated carbocycles. The average molecular weight is 623 g/mol. The lowest BCUT2D eigenvalue weighted by Gasteiger charge is -2.46. The van der Waals surface area contributed by atoms with E-state index in [0.29, 0.717) is 22.4 Å². The molecule has 0 bridgehead atoms. The Bertz CT molecular complexity index is 1720. The number of benzene rings is 2. The predicted octanol–water partition coefficient (Wildman–Crippen LogP) is 1.83. The molecule has 0 aromatic heterocycles. The number of aromatic hydroxyl groups is 1. The van der Waals surface area contributed by atoms with Crippen LogP contribution in [-0.4, -0.2) is 88.2 Å². The summed E-state index contributed by atoms with van der Waals surface area (Å²) in [5.74, 6) is -7.18. The van der Waals surface area contributed by atoms with E-state index in [1.54, 1.807) is 50.2 Å². The average Bonchev–Trinajstić information content (AvgIpc) is 3.56. The van der Waals surface area contributed by atoms with Gasteiger partial charge < -0.3 is 41.5 Å². The number of hydrogen-bond donors (Lipinski definition) is 6. The minimum atomic E-state index is -2.46. The van der Waals surface area contributed by atoms with Gasteiger partial charge in [0.25, 0.3) is 5.91 Å². The Morgan fingerprint density at radius 1 is 1.13 bits per heavy atom. The topological polar surface area (TPSA) is 186 Å². The summed E-state index contributed by atoms with van der Waals surface area (Å²) in [6.07, 6.45) is 0.767. The van der Waals surface area contributed by atoms with Crippen molar-refractivity contribution in [2.45, 2.75) is 55.6 Å². The number of rotatable bonds is 7. The van der Waals surface area contributed by atoms with Crippen molar-refractivity contribution in [1.82, 2.24) is 4.90 Å². The van der Waals surface area contributed by atoms with Crippen LogP contribution in [0.3, 0.4) is 0 Å². The number of anilines is 1. The van der Waals surface area contributed by atoms with Gasteiger partial charge in [0, 0.05) is 36.8 Å². The Hall–Kier alpha value is -3.97. The van der Waals surface area contributed by atoms with Crippen LogP contribution in [-0.2, 0) is 33.6 Å². The van der Waals surface area contributed by atoms with Crippen molar-refractivity contribution in [2.75, 3.05) is 33.1 Å². The highest BCUT2D eigenvalue weighted by molar-refractivity contribution is 6.14. The molecule has 240 valence electrons. The highest BCUT2D eigenvalue weighted by atomic mass is 19.1. The molecule has 1 saturated heterocycles. The van der Waals surface area contributed by atoms with Crippen molar-refractivity contribution in [3.63, 3.8) is 0 Å². The molecule has 2 aromatic rings. The number of phenolic OH excluding ortho intramolecular Hbond substituents is 1. The minimum absolute atomic E-state index is 0.0311. The number of halogens is 1. The number of ether oxygens (including phenoxy) is 1. The number of nitrogens with two attached hydrogens (primary N) is 2. The van der Waals surface area contributed by atoms with Crippen LogP contribution in [0.2, 0.25) is 0 Å². The maximum absolute atomic E-state index is 14.5. The van der Waals surface area contributed by atoms with Gasteiger partial charge in [0.05, 0.1) is 11.6 Å². The van der Waals surface area contributed by atoms with Gasteiger partial charge in [0.15, 0.2) is 5.60 Å². The lowest BCUT2D eigenvalue weighted by Crippen LogP contribution is -2.60. The van der Waals surface area contributed by atoms with Gasteiger partial charge >= 0.3 is 0 Å². The lowest BCUT2D eigenvalue weighted by molar-refractivity contribution is -0.127. The summed E-state index contributed by atoms with van der Waals surface area (Å²) in [7, 11) is 6.99. The van der Waals surface area contributed by atoms with E-state index in [9.17, 15) is 34.4 Å². The van der Waals surface area contributed by atoms with Gasteiger partial charge in [-0.05, 0) is 81.4 Å². The predicted molar refractivity (Wildman–Crippen MR) is 164 cm³/mol. The molecule has 1 spiro atoms. The second-order valence-corrected chi connectivity index (χ2v) is 13.6. The second kappa shape index (κ2) is 10.0. The Morgan fingerprint density at radius 2 is 1.78 bits per heavy atom. The number of ketones is 1. The van der Waals surface area contributed by atoms with Gasteiger partial charge in [-0.3, -0.25) is 14.5 Å². The first-order chi connectivity index (χ1) is 21.0. The van der Waals surface area contributed by atoms with Gasteiger partial charge in [0.1, 0.15) is 28.7 Å². The molecule has 12 heteroatoms. The van der Waals surface area contributed by atoms with E-state index < -0.39 is 63.6 Å². The molecule has 45 heavy (non-hydrogen) atoms. The zero-order valence-corrected chi connectivity index (χ0v) is 25.9. The molecule has 2 aromatic carbocycles. The number of carbonyl (C=O) groups excluding carboxylic acids is 2. The fraction of sp³-hybridized carbons (Fsp3) is 0.455. The largest absolute Gasteiger partial charge is 0.510 e. The minimum Gasteiger partial charge on any atom is -0.510 e. The Kier molecular flexibility index (Phi) is 6.91. The van der Waals surface area contributed by atoms with Gasteiger partial charge in [-0.15, -0.1) is 0 Å². The van der Waals surface area contributed by atoms with E-state index >= 15 is 0 Å². The number of Topliss-reactive ketones (excluding diaryl/α,β-unsaturated/α-hetero) is 1. The molecule has 2 unspecified atom stereocenters. The van der Waals surface area contributed by atoms with Crippen LogP contribution >= 0.6 is 0 Å². The fourth-order valence-corrected chi connectivity index (χ4v) is 8.07. The van der Waals surface area contributed by atoms with Crippen LogP contribution in [0.25, 0.3) is 5.76 Å². The third-order valence-corrected chi connectivity index (χ3v) is 9.91. The van der Waals surface area contributed by atoms with Crippen molar-refractivity contribution >= 4 is 23.1 Å². The molecule has 6 atom stereocenters. The number of amides is 1. The molecule has 1 heterocycles. The van der Waals surface area contributed by atoms with Crippen molar-refractivity contribution < 1.29 is 39.1 Å². The van der Waals surface area contributed by atoms with E-state index in [0.717, 1.165) is 0 Å². The fourth-order valence-electron chi connectivity index (χ4n) is 8.07. The number of likely N-dealkylation sites (N-methyl/N-ethyl adjacent to an activating group) is 1. The molecular formula is C33H39FN4O7. The molecule has 2 fully saturated rings. The van der Waals surface area contributed by atoms with Crippen LogP contribution in [0.5, 0.6) is 5.75 Å². The molecule has 8 N–H and O–H groups in total. The summed E-state index contributed by atoms with van der Waals surface area (Å²) in [6, 6.07) is 7.26. The van der Waals surface area contributed by atoms with Crippen LogP contribution in [0, 0.1) is 17.7 Å². The summed E-state index contributed by atoms with van der Waals surface area (Å²) in [4.78, 5) is 30.3. The first-order valence-corrected chi connectivity index (χ1v) is 14.8. The first-order valence-electron chi connectivity index (χ1n) is 14.8. The monoisotopic (exact) mass is 622 g/mol. The van der Waals surface area contributed by atoms with Gasteiger partial charge in [0.2, 0.25) is 11.6 Å². The Labute approximate surface area is 260 Å². The van der Waals surface area contributed by atoms with E-state index in [1.807, 2.05) is 19.0 Å². The number of epoxide rings is 1. The zero-order chi connectivity index (χ0) is 33.0. The molecule has 4 aliphatic rings. The number of hydrogen-bond acceptors (Lipinski definition) is 10. The quantitative estimate of drug-likeness (QED) is 0.249. The number of aliphatic hydroxyl groups excluding tert-OH is 2. The molecule has 6 rings (SSSR count). The summed E-state index contributed by atoms with van der Waals surface area (Å²) < 4.78 is 20.2. The summed E-state index contributed by atoms with van der Waals surface area (Å²) in [5, 5.41) is 46.0. The number of primary amides is 1. The van der Waals surface area contributed by atoms with E-state index in [2.05, 4.69) is 0 Å². The maximum atomic E-state index is 14.5. The summed E-state index contributed by atoms with van der Waals surface area (Å²) in [6.45, 7) is 1.75. The molecule has 0 radical (unpaired) electrons. The van der Waals surface area contributed by atoms with Crippen LogP contribution < -0.4 is 16.4 Å². The maximum Gasteiger partial charge on any atom is 0.253 e. The standard InChI is InChI=1S/C33H39FN4O7/c1-31(36,13-15-8-6-7-9-20(15)34)14-17-12-21(37(2)3)18-10-16-11-19-25(38(4)5)28(41)24(30(35)43)33(44)32(19,45-33)29(42)22(16)27(40)23(18)26(17)39/h6-9,12,16,19,25,39-41,44H,10-11,13-14,36H2,1-5H3,(H2,35,43)/t16-,19-,25-,31?,32-,33?/m0/s1. The lowest BCUT2D eigenvalue weighted by atomic mass is 9.58. The molecule has 1 aliphatic heterocycles. The van der Waals surface area contributed by atoms with Gasteiger partial charge in [-0.2, -0.15) is 0 Å². The number of carbonyl (C=O) groups is 2. The van der Waals surface area contributed by atoms with Crippen molar-refractivity contribution in [3.05, 3.63) is 75.3 Å². The number of fused-ring (bicyclic) bond motifs is 2. The Morgan fingerprint density at radius 3 is 2.38 bits per heavy atom. The highest BCUT2D eigenvalue weighted by Crippen LogP contribution is 2.67. The van der Waals surface area contributed by atoms with Crippen molar-refractivity contribution in [1.29, 1.82) is 0 Å². The van der Waals surface area contributed by atoms with Crippen LogP contribution in [0.15, 0.2) is 47.2 Å². The number of nitrogens with zero attached hydrogens (tertiary/aromatic N) is 2. The van der Waals surface area contributed by atoms with Crippen LogP contribution in [0.4, 0.5) is 10.1 Å². The van der Waals surface area contributed by atoms with Gasteiger partial charge in [-0.25, -0.2) is 4.39 Å². The van der Waals surface area contributed by atoms with E-state index in [4.69, 9.17) is 16.2 Å².